The van der Waals surface area contributed by atoms with Gasteiger partial charge in [0.25, 0.3) is 21.2 Å². The molecule has 21 nitrogen and oxygen atoms in total. The van der Waals surface area contributed by atoms with Crippen LogP contribution in [0.15, 0.2) is 11.1 Å². The molecule has 0 saturated carbocycles. The van der Waals surface area contributed by atoms with E-state index in [1.807, 2.05) is 0 Å². The molecule has 37 heavy (non-hydrogen) atoms. The first-order valence-corrected chi connectivity index (χ1v) is 13.9. The third kappa shape index (κ3) is 7.34. The Morgan fingerprint density at radius 2 is 1.86 bits per heavy atom. The van der Waals surface area contributed by atoms with Gasteiger partial charge in [0, 0.05) is 0 Å². The van der Waals surface area contributed by atoms with E-state index in [9.17, 15) is 58.2 Å². The van der Waals surface area contributed by atoms with Gasteiger partial charge in [-0.2, -0.15) is 4.98 Å². The van der Waals surface area contributed by atoms with Crippen LogP contribution in [-0.2, 0) is 36.4 Å². The number of ketones is 1. The third-order valence-electron chi connectivity index (χ3n) is 4.50. The number of aliphatic hydroxyl groups excluding tert-OH is 3. The molecule has 0 aliphatic carbocycles. The lowest BCUT2D eigenvalue weighted by Gasteiger charge is -2.37. The number of aromatic nitrogens is 4. The van der Waals surface area contributed by atoms with Crippen LogP contribution in [-0.4, -0.2) is 71.8 Å². The Kier molecular flexibility index (Phi) is 8.55. The molecule has 1 saturated heterocycles. The van der Waals surface area contributed by atoms with E-state index < -0.39 is 72.2 Å². The molecule has 0 spiro atoms. The molecule has 2 aromatic rings. The lowest BCUT2D eigenvalue weighted by atomic mass is 10.1. The average molecular weight is 591 g/mol. The minimum absolute atomic E-state index is 0.276. The molecule has 2 aromatic heterocycles. The van der Waals surface area contributed by atoms with Crippen LogP contribution in [0, 0.1) is 0 Å². The van der Waals surface area contributed by atoms with Crippen molar-refractivity contribution in [2.24, 2.45) is 0 Å². The van der Waals surface area contributed by atoms with Crippen LogP contribution in [0.25, 0.3) is 11.2 Å². The van der Waals surface area contributed by atoms with Crippen molar-refractivity contribution in [3.8, 4) is 0 Å². The molecule has 208 valence electrons. The van der Waals surface area contributed by atoms with Gasteiger partial charge in [-0.25, -0.2) is 9.29 Å². The number of H-pyrrole nitrogens is 1. The monoisotopic (exact) mass is 591 g/mol. The van der Waals surface area contributed by atoms with Crippen molar-refractivity contribution in [2.75, 3.05) is 11.9 Å². The second-order valence-electron chi connectivity index (χ2n) is 7.24. The zero-order chi connectivity index (χ0) is 27.9. The number of aliphatic hydroxyl groups is 3. The highest BCUT2D eigenvalue weighted by atomic mass is 31.3. The Balaban J connectivity index is 1.77. The number of nitrogens with zero attached hydrogens (tertiary/aromatic N) is 3. The summed E-state index contributed by atoms with van der Waals surface area (Å²) in [6.45, 7) is -0.147. The fourth-order valence-corrected chi connectivity index (χ4v) is 5.82. The normalized spacial score (nSPS) is 26.5. The lowest BCUT2D eigenvalue weighted by Crippen LogP contribution is -2.34. The maximum Gasteiger partial charge on any atom is 0.280 e. The lowest BCUT2D eigenvalue weighted by molar-refractivity contribution is -0.339. The number of rotatable bonds is 11. The topological polar surface area (TPSA) is 334 Å². The van der Waals surface area contributed by atoms with Crippen molar-refractivity contribution < 1.29 is 71.3 Å². The van der Waals surface area contributed by atoms with Crippen LogP contribution < -0.4 is 30.4 Å². The number of carbonyl (C=O) groups excluding carboxylic acids is 1. The van der Waals surface area contributed by atoms with Crippen LogP contribution in [0.5, 0.6) is 0 Å². The molecule has 0 bridgehead atoms. The van der Waals surface area contributed by atoms with E-state index in [2.05, 4.69) is 33.4 Å². The molecule has 3 unspecified atom stereocenters. The summed E-state index contributed by atoms with van der Waals surface area (Å²) in [6, 6.07) is 0. The maximum absolute atomic E-state index is 12.3. The van der Waals surface area contributed by atoms with Crippen molar-refractivity contribution in [2.45, 2.75) is 37.7 Å². The molecule has 0 aromatic carbocycles. The largest absolute Gasteiger partial charge is 0.790 e. The molecule has 5 N–H and O–H groups in total. The Bertz CT molecular complexity index is 1370. The van der Waals surface area contributed by atoms with Gasteiger partial charge in [-0.3, -0.25) is 32.6 Å². The number of carbonyl (C=O) groups is 1. The number of hydrogen-bond donors (Lipinski definition) is 5. The van der Waals surface area contributed by atoms with Crippen molar-refractivity contribution in [3.63, 3.8) is 0 Å². The van der Waals surface area contributed by atoms with E-state index in [0.29, 0.717) is 0 Å². The van der Waals surface area contributed by atoms with E-state index in [-0.39, 0.29) is 17.1 Å². The first-order valence-electron chi connectivity index (χ1n) is 9.54. The molecule has 7 atom stereocenters. The van der Waals surface area contributed by atoms with Gasteiger partial charge < -0.3 is 54.0 Å². The molecule has 1 fully saturated rings. The third-order valence-corrected chi connectivity index (χ3v) is 8.16. The van der Waals surface area contributed by atoms with Crippen molar-refractivity contribution in [1.82, 2.24) is 19.5 Å². The first-order chi connectivity index (χ1) is 16.9. The number of nitrogens with one attached hydrogen (secondary N) is 2. The Hall–Kier alpha value is -1.93. The highest BCUT2D eigenvalue weighted by Crippen LogP contribution is 2.60. The molecular formula is C13H16N5O16P3-4. The van der Waals surface area contributed by atoms with Crippen molar-refractivity contribution in [3.05, 3.63) is 16.7 Å². The van der Waals surface area contributed by atoms with Crippen LogP contribution in [0.2, 0.25) is 0 Å². The fraction of sp³-hybridized carbons (Fsp3) is 0.538. The van der Waals surface area contributed by atoms with Crippen molar-refractivity contribution in [1.29, 1.82) is 0 Å². The number of imidazole rings is 1. The maximum atomic E-state index is 12.3. The van der Waals surface area contributed by atoms with Gasteiger partial charge in [-0.05, 0) is 6.92 Å². The average Bonchev–Trinajstić information content (AvgIpc) is 3.25. The molecule has 3 heterocycles. The summed E-state index contributed by atoms with van der Waals surface area (Å²) in [5.74, 6) is -1.10. The SMILES string of the molecule is CC(=O)C(O)Nc1nc2c(ncn2[C@@H]2O[C@H](COP(=O)([O-])OP(=O)([O-])OP(=O)([O-])[O-])[C@@H](O)[C@H]2O)c(=O)[nH]1. The highest BCUT2D eigenvalue weighted by Gasteiger charge is 2.45. The summed E-state index contributed by atoms with van der Waals surface area (Å²) in [4.78, 5) is 77.1. The summed E-state index contributed by atoms with van der Waals surface area (Å²) < 4.78 is 50.2. The number of hydrogen-bond acceptors (Lipinski definition) is 19. The van der Waals surface area contributed by atoms with E-state index >= 15 is 0 Å². The summed E-state index contributed by atoms with van der Waals surface area (Å²) in [7, 11) is -18.3. The van der Waals surface area contributed by atoms with Crippen LogP contribution >= 0.6 is 23.5 Å². The minimum atomic E-state index is -6.22. The molecular weight excluding hydrogens is 575 g/mol. The minimum Gasteiger partial charge on any atom is -0.790 e. The first kappa shape index (κ1) is 29.6. The second-order valence-corrected chi connectivity index (χ2v) is 11.5. The zero-order valence-electron chi connectivity index (χ0n) is 18.0. The smallest absolute Gasteiger partial charge is 0.280 e. The summed E-state index contributed by atoms with van der Waals surface area (Å²) in [5.41, 5.74) is -1.42. The van der Waals surface area contributed by atoms with Gasteiger partial charge >= 0.3 is 0 Å². The van der Waals surface area contributed by atoms with E-state index in [0.717, 1.165) is 17.8 Å². The van der Waals surface area contributed by atoms with Gasteiger partial charge in [0.05, 0.1) is 20.8 Å². The number of anilines is 1. The number of phosphoric ester groups is 1. The van der Waals surface area contributed by atoms with E-state index in [1.165, 1.54) is 0 Å². The molecule has 1 aliphatic rings. The zero-order valence-corrected chi connectivity index (χ0v) is 20.7. The van der Waals surface area contributed by atoms with Gasteiger partial charge in [-0.1, -0.05) is 0 Å². The van der Waals surface area contributed by atoms with Gasteiger partial charge in [-0.15, -0.1) is 0 Å². The molecule has 3 rings (SSSR count). The molecule has 1 aliphatic heterocycles. The van der Waals surface area contributed by atoms with Crippen LogP contribution in [0.3, 0.4) is 0 Å². The predicted octanol–water partition coefficient (Wildman–Crippen LogP) is -5.13. The number of ether oxygens (including phenoxy) is 1. The number of phosphoric acid groups is 3. The van der Waals surface area contributed by atoms with Gasteiger partial charge in [0.1, 0.15) is 18.3 Å². The molecule has 0 radical (unpaired) electrons. The van der Waals surface area contributed by atoms with Crippen molar-refractivity contribution >= 4 is 46.4 Å². The quantitative estimate of drug-likeness (QED) is 0.120. The second kappa shape index (κ2) is 10.7. The van der Waals surface area contributed by atoms with E-state index in [1.54, 1.807) is 0 Å². The number of fused-ring (bicyclic) bond motifs is 1. The van der Waals surface area contributed by atoms with Crippen LogP contribution in [0.1, 0.15) is 13.2 Å². The van der Waals surface area contributed by atoms with Gasteiger partial charge in [0.2, 0.25) is 5.95 Å². The fourth-order valence-electron chi connectivity index (χ4n) is 2.96. The number of aromatic amines is 1. The Morgan fingerprint density at radius 3 is 2.46 bits per heavy atom. The summed E-state index contributed by atoms with van der Waals surface area (Å²) in [6.07, 6.45) is -7.78. The van der Waals surface area contributed by atoms with Crippen LogP contribution in [0.4, 0.5) is 5.95 Å². The molecule has 24 heteroatoms. The Labute approximate surface area is 204 Å². The highest BCUT2D eigenvalue weighted by molar-refractivity contribution is 7.64. The van der Waals surface area contributed by atoms with E-state index in [4.69, 9.17) is 4.74 Å². The van der Waals surface area contributed by atoms with Gasteiger partial charge in [0.15, 0.2) is 29.4 Å². The standard InChI is InChI=1S/C13H20N5O16P3/c1-4(19)10(22)16-13-15-9-6(11(23)17-13)14-3-18(9)12-8(21)7(20)5(32-12)2-31-36(27,28)34-37(29,30)33-35(24,25)26/h3,5,7-8,10,12,20-22H,2H2,1H3,(H,27,28)(H,29,30)(H2,24,25,26)(H2,15,16,17,23)/p-4/t5-,7-,8-,10?,12-/m1/s1. The summed E-state index contributed by atoms with van der Waals surface area (Å²) in [5, 5.41) is 32.4. The predicted molar refractivity (Wildman–Crippen MR) is 105 cm³/mol. The Morgan fingerprint density at radius 1 is 1.22 bits per heavy atom. The number of Topliss-reactive ketones (excluding diaryl/α,β-unsaturated/α-hetero) is 1. The summed E-state index contributed by atoms with van der Waals surface area (Å²) >= 11 is 0. The molecule has 0 amide bonds.